The number of hydrogen-bond donors (Lipinski definition) is 2. The van der Waals surface area contributed by atoms with Crippen molar-refractivity contribution in [2.75, 3.05) is 12.4 Å². The standard InChI is InChI=1S/C16H13FN2O3/c1-22-9-5-6-12(11(17)7-9)19-16(21)10-8-18-13-3-2-4-14(20)15(10)13/h2-3,5-8,18H,4H2,1H3,(H,19,21). The first-order chi connectivity index (χ1) is 10.6. The van der Waals surface area contributed by atoms with Gasteiger partial charge in [-0.2, -0.15) is 0 Å². The number of carbonyl (C=O) groups excluding carboxylic acids is 2. The molecule has 0 spiro atoms. The molecule has 5 nitrogen and oxygen atoms in total. The van der Waals surface area contributed by atoms with E-state index in [9.17, 15) is 14.0 Å². The molecule has 0 atom stereocenters. The van der Waals surface area contributed by atoms with Crippen molar-refractivity contribution < 1.29 is 18.7 Å². The Bertz CT molecular complexity index is 793. The van der Waals surface area contributed by atoms with Crippen LogP contribution in [0, 0.1) is 5.82 Å². The van der Waals surface area contributed by atoms with Crippen molar-refractivity contribution >= 4 is 23.5 Å². The van der Waals surface area contributed by atoms with E-state index in [0.717, 1.165) is 0 Å². The summed E-state index contributed by atoms with van der Waals surface area (Å²) in [6.07, 6.45) is 5.19. The van der Waals surface area contributed by atoms with Crippen molar-refractivity contribution in [1.82, 2.24) is 4.98 Å². The molecule has 22 heavy (non-hydrogen) atoms. The maximum Gasteiger partial charge on any atom is 0.258 e. The van der Waals surface area contributed by atoms with E-state index in [2.05, 4.69) is 10.3 Å². The summed E-state index contributed by atoms with van der Waals surface area (Å²) in [5.74, 6) is -0.928. The Morgan fingerprint density at radius 2 is 2.23 bits per heavy atom. The summed E-state index contributed by atoms with van der Waals surface area (Å²) in [7, 11) is 1.43. The van der Waals surface area contributed by atoms with E-state index in [4.69, 9.17) is 4.74 Å². The van der Waals surface area contributed by atoms with Gasteiger partial charge in [-0.05, 0) is 18.2 Å². The zero-order valence-electron chi connectivity index (χ0n) is 11.8. The first-order valence-corrected chi connectivity index (χ1v) is 6.66. The molecular formula is C16H13FN2O3. The molecule has 0 unspecified atom stereocenters. The number of Topliss-reactive ketones (excluding diaryl/α,β-unsaturated/α-hetero) is 1. The van der Waals surface area contributed by atoms with Crippen LogP contribution < -0.4 is 10.1 Å². The number of hydrogen-bond acceptors (Lipinski definition) is 3. The van der Waals surface area contributed by atoms with Crippen LogP contribution in [0.15, 0.2) is 30.5 Å². The predicted octanol–water partition coefficient (Wildman–Crippen LogP) is 3.01. The molecule has 6 heteroatoms. The first-order valence-electron chi connectivity index (χ1n) is 6.66. The average molecular weight is 300 g/mol. The Morgan fingerprint density at radius 3 is 2.95 bits per heavy atom. The number of rotatable bonds is 3. The number of fused-ring (bicyclic) bond motifs is 1. The van der Waals surface area contributed by atoms with Crippen molar-refractivity contribution in [2.45, 2.75) is 6.42 Å². The topological polar surface area (TPSA) is 71.2 Å². The van der Waals surface area contributed by atoms with Crippen molar-refractivity contribution in [3.05, 3.63) is 53.1 Å². The minimum absolute atomic E-state index is 0.0274. The summed E-state index contributed by atoms with van der Waals surface area (Å²) >= 11 is 0. The summed E-state index contributed by atoms with van der Waals surface area (Å²) in [5, 5.41) is 2.47. The van der Waals surface area contributed by atoms with Gasteiger partial charge in [0, 0.05) is 24.4 Å². The third kappa shape index (κ3) is 2.39. The highest BCUT2D eigenvalue weighted by atomic mass is 19.1. The van der Waals surface area contributed by atoms with Gasteiger partial charge < -0.3 is 15.0 Å². The first kappa shape index (κ1) is 14.1. The smallest absolute Gasteiger partial charge is 0.258 e. The average Bonchev–Trinajstić information content (AvgIpc) is 2.94. The van der Waals surface area contributed by atoms with Gasteiger partial charge in [0.25, 0.3) is 5.91 Å². The van der Waals surface area contributed by atoms with Crippen LogP contribution in [0.25, 0.3) is 6.08 Å². The Labute approximate surface area is 125 Å². The zero-order chi connectivity index (χ0) is 15.7. The molecule has 1 amide bonds. The summed E-state index contributed by atoms with van der Waals surface area (Å²) in [6.45, 7) is 0. The van der Waals surface area contributed by atoms with Crippen LogP contribution in [0.3, 0.4) is 0 Å². The number of ketones is 1. The fourth-order valence-electron chi connectivity index (χ4n) is 2.35. The maximum absolute atomic E-state index is 13.9. The third-order valence-electron chi connectivity index (χ3n) is 3.45. The molecule has 1 aromatic heterocycles. The highest BCUT2D eigenvalue weighted by Gasteiger charge is 2.24. The molecule has 3 rings (SSSR count). The number of aromatic amines is 1. The van der Waals surface area contributed by atoms with E-state index in [1.165, 1.54) is 25.4 Å². The lowest BCUT2D eigenvalue weighted by Crippen LogP contribution is -2.16. The molecule has 2 N–H and O–H groups in total. The van der Waals surface area contributed by atoms with Crippen molar-refractivity contribution in [3.63, 3.8) is 0 Å². The molecule has 0 radical (unpaired) electrons. The fraction of sp³-hybridized carbons (Fsp3) is 0.125. The van der Waals surface area contributed by atoms with Crippen molar-refractivity contribution in [1.29, 1.82) is 0 Å². The molecule has 1 heterocycles. The number of nitrogens with one attached hydrogen (secondary N) is 2. The second-order valence-corrected chi connectivity index (χ2v) is 4.82. The Kier molecular flexibility index (Phi) is 3.50. The summed E-state index contributed by atoms with van der Waals surface area (Å²) in [4.78, 5) is 27.1. The van der Waals surface area contributed by atoms with Gasteiger partial charge in [0.05, 0.1) is 23.9 Å². The number of benzene rings is 1. The molecule has 112 valence electrons. The summed E-state index contributed by atoms with van der Waals surface area (Å²) < 4.78 is 18.8. The van der Waals surface area contributed by atoms with E-state index in [1.54, 1.807) is 18.2 Å². The van der Waals surface area contributed by atoms with Gasteiger partial charge in [-0.1, -0.05) is 6.08 Å². The summed E-state index contributed by atoms with van der Waals surface area (Å²) in [5.41, 5.74) is 1.17. The van der Waals surface area contributed by atoms with Gasteiger partial charge in [0.2, 0.25) is 0 Å². The van der Waals surface area contributed by atoms with Crippen molar-refractivity contribution in [2.24, 2.45) is 0 Å². The number of methoxy groups -OCH3 is 1. The van der Waals surface area contributed by atoms with Gasteiger partial charge in [0.1, 0.15) is 11.6 Å². The van der Waals surface area contributed by atoms with Crippen LogP contribution in [-0.4, -0.2) is 23.8 Å². The number of carbonyl (C=O) groups is 2. The molecule has 1 aliphatic carbocycles. The van der Waals surface area contributed by atoms with Crippen LogP contribution in [0.4, 0.5) is 10.1 Å². The van der Waals surface area contributed by atoms with Gasteiger partial charge >= 0.3 is 0 Å². The van der Waals surface area contributed by atoms with Gasteiger partial charge in [0.15, 0.2) is 5.78 Å². The van der Waals surface area contributed by atoms with Gasteiger partial charge in [-0.15, -0.1) is 0 Å². The molecule has 0 aliphatic heterocycles. The number of halogens is 1. The van der Waals surface area contributed by atoms with Gasteiger partial charge in [-0.25, -0.2) is 4.39 Å². The minimum atomic E-state index is -0.608. The molecule has 0 fully saturated rings. The highest BCUT2D eigenvalue weighted by Crippen LogP contribution is 2.25. The van der Waals surface area contributed by atoms with E-state index >= 15 is 0 Å². The summed E-state index contributed by atoms with van der Waals surface area (Å²) in [6, 6.07) is 4.13. The molecule has 0 saturated heterocycles. The van der Waals surface area contributed by atoms with E-state index in [-0.39, 0.29) is 23.5 Å². The van der Waals surface area contributed by atoms with Crippen LogP contribution in [0.5, 0.6) is 5.75 Å². The molecular weight excluding hydrogens is 287 g/mol. The van der Waals surface area contributed by atoms with Crippen LogP contribution in [-0.2, 0) is 0 Å². The molecule has 1 aliphatic rings. The van der Waals surface area contributed by atoms with E-state index < -0.39 is 11.7 Å². The number of anilines is 1. The molecule has 0 bridgehead atoms. The largest absolute Gasteiger partial charge is 0.497 e. The number of allylic oxidation sites excluding steroid dienone is 1. The number of amides is 1. The van der Waals surface area contributed by atoms with E-state index in [1.807, 2.05) is 0 Å². The second kappa shape index (κ2) is 5.48. The monoisotopic (exact) mass is 300 g/mol. The Hall–Kier alpha value is -2.89. The maximum atomic E-state index is 13.9. The van der Waals surface area contributed by atoms with Crippen molar-refractivity contribution in [3.8, 4) is 5.75 Å². The third-order valence-corrected chi connectivity index (χ3v) is 3.45. The van der Waals surface area contributed by atoms with Crippen LogP contribution in [0.2, 0.25) is 0 Å². The van der Waals surface area contributed by atoms with Crippen LogP contribution in [0.1, 0.15) is 32.8 Å². The Morgan fingerprint density at radius 1 is 1.41 bits per heavy atom. The number of aromatic nitrogens is 1. The lowest BCUT2D eigenvalue weighted by molar-refractivity contribution is 0.0974. The van der Waals surface area contributed by atoms with Gasteiger partial charge in [-0.3, -0.25) is 9.59 Å². The molecule has 1 aromatic carbocycles. The number of ether oxygens (including phenoxy) is 1. The molecule has 2 aromatic rings. The van der Waals surface area contributed by atoms with Crippen LogP contribution >= 0.6 is 0 Å². The number of H-pyrrole nitrogens is 1. The SMILES string of the molecule is COc1ccc(NC(=O)c2c[nH]c3c2C(=O)CC=C3)c(F)c1. The predicted molar refractivity (Wildman–Crippen MR) is 79.7 cm³/mol. The Balaban J connectivity index is 1.89. The highest BCUT2D eigenvalue weighted by molar-refractivity contribution is 6.15. The lowest BCUT2D eigenvalue weighted by atomic mass is 9.98. The zero-order valence-corrected chi connectivity index (χ0v) is 11.8. The van der Waals surface area contributed by atoms with E-state index in [0.29, 0.717) is 17.0 Å². The minimum Gasteiger partial charge on any atom is -0.497 e. The quantitative estimate of drug-likeness (QED) is 0.915. The molecule has 0 saturated carbocycles. The second-order valence-electron chi connectivity index (χ2n) is 4.82. The lowest BCUT2D eigenvalue weighted by Gasteiger charge is -2.09. The normalized spacial score (nSPS) is 12.9. The fourth-order valence-corrected chi connectivity index (χ4v) is 2.35.